The first kappa shape index (κ1) is 9.55. The van der Waals surface area contributed by atoms with E-state index in [-0.39, 0.29) is 12.1 Å². The van der Waals surface area contributed by atoms with Crippen molar-refractivity contribution in [2.45, 2.75) is 18.6 Å². The molecule has 0 aliphatic carbocycles. The molecule has 2 unspecified atom stereocenters. The Balaban J connectivity index is 0.000000371. The molecule has 10 heavy (non-hydrogen) atoms. The van der Waals surface area contributed by atoms with E-state index in [1.165, 1.54) is 0 Å². The normalized spacial score (nSPS) is 30.7. The van der Waals surface area contributed by atoms with E-state index in [9.17, 15) is 4.79 Å². The Labute approximate surface area is 59.9 Å². The van der Waals surface area contributed by atoms with Crippen molar-refractivity contribution >= 4 is 6.29 Å². The summed E-state index contributed by atoms with van der Waals surface area (Å²) in [5.74, 6) is 0. The van der Waals surface area contributed by atoms with E-state index in [0.717, 1.165) is 13.4 Å². The molecule has 2 atom stereocenters. The third kappa shape index (κ3) is 2.91. The fraction of sp³-hybridized carbons (Fsp3) is 0.833. The highest BCUT2D eigenvalue weighted by molar-refractivity contribution is 5.58. The van der Waals surface area contributed by atoms with E-state index in [1.54, 1.807) is 0 Å². The molecule has 1 aliphatic rings. The van der Waals surface area contributed by atoms with Gasteiger partial charge in [-0.15, -0.1) is 0 Å². The first-order valence-electron chi connectivity index (χ1n) is 3.14. The maximum absolute atomic E-state index is 9.98. The predicted octanol–water partition coefficient (Wildman–Crippen LogP) is -1.48. The fourth-order valence-corrected chi connectivity index (χ4v) is 0.851. The fourth-order valence-electron chi connectivity index (χ4n) is 0.851. The second kappa shape index (κ2) is 5.34. The number of carbonyl (C=O) groups excluding carboxylic acids is 1. The van der Waals surface area contributed by atoms with Gasteiger partial charge in [-0.05, 0) is 6.42 Å². The van der Waals surface area contributed by atoms with Crippen molar-refractivity contribution in [1.82, 2.24) is 5.32 Å². The van der Waals surface area contributed by atoms with Gasteiger partial charge in [0.05, 0.1) is 12.1 Å². The van der Waals surface area contributed by atoms with Gasteiger partial charge < -0.3 is 20.3 Å². The van der Waals surface area contributed by atoms with Crippen molar-refractivity contribution in [3.63, 3.8) is 0 Å². The van der Waals surface area contributed by atoms with Crippen LogP contribution < -0.4 is 5.32 Å². The van der Waals surface area contributed by atoms with Gasteiger partial charge >= 0.3 is 0 Å². The smallest absolute Gasteiger partial charge is 0.136 e. The van der Waals surface area contributed by atoms with Crippen LogP contribution in [0.25, 0.3) is 0 Å². The van der Waals surface area contributed by atoms with E-state index in [0.29, 0.717) is 13.0 Å². The molecule has 0 spiro atoms. The Bertz CT molecular complexity index is 97.0. The van der Waals surface area contributed by atoms with Gasteiger partial charge in [0.25, 0.3) is 0 Å². The number of β-amino-alcohol motifs (C(OH)–C–C–N with tert-alkyl or cyclic N) is 1. The first-order chi connectivity index (χ1) is 4.83. The molecule has 0 aromatic heterocycles. The van der Waals surface area contributed by atoms with Crippen molar-refractivity contribution in [2.75, 3.05) is 13.7 Å². The largest absolute Gasteiger partial charge is 0.400 e. The Morgan fingerprint density at radius 2 is 2.20 bits per heavy atom. The van der Waals surface area contributed by atoms with Crippen LogP contribution in [0.3, 0.4) is 0 Å². The quantitative estimate of drug-likeness (QED) is 0.395. The highest BCUT2D eigenvalue weighted by Gasteiger charge is 2.20. The molecule has 0 aromatic rings. The number of aliphatic hydroxyl groups is 2. The lowest BCUT2D eigenvalue weighted by atomic mass is 10.2. The van der Waals surface area contributed by atoms with Crippen LogP contribution in [0.5, 0.6) is 0 Å². The number of hydrogen-bond donors (Lipinski definition) is 3. The minimum Gasteiger partial charge on any atom is -0.400 e. The lowest BCUT2D eigenvalue weighted by Crippen LogP contribution is -2.22. The number of hydrogen-bond acceptors (Lipinski definition) is 4. The summed E-state index contributed by atoms with van der Waals surface area (Å²) in [6.45, 7) is 0.559. The number of carbonyl (C=O) groups is 1. The van der Waals surface area contributed by atoms with Crippen molar-refractivity contribution in [2.24, 2.45) is 0 Å². The van der Waals surface area contributed by atoms with Crippen LogP contribution in [-0.4, -0.2) is 42.3 Å². The summed E-state index contributed by atoms with van der Waals surface area (Å²) in [6, 6.07) is -0.106. The summed E-state index contributed by atoms with van der Waals surface area (Å²) in [6.07, 6.45) is 1.09. The Kier molecular flexibility index (Phi) is 5.10. The SMILES string of the molecule is CO.O=CC1CC(O)CN1. The van der Waals surface area contributed by atoms with Gasteiger partial charge in [0.15, 0.2) is 0 Å². The molecule has 0 saturated carbocycles. The molecule has 1 rings (SSSR count). The maximum atomic E-state index is 9.98. The zero-order valence-corrected chi connectivity index (χ0v) is 5.95. The second-order valence-corrected chi connectivity index (χ2v) is 2.04. The van der Waals surface area contributed by atoms with Gasteiger partial charge in [0.1, 0.15) is 6.29 Å². The molecular weight excluding hydrogens is 134 g/mol. The Hall–Kier alpha value is -0.450. The van der Waals surface area contributed by atoms with Crippen LogP contribution in [0.4, 0.5) is 0 Å². The van der Waals surface area contributed by atoms with Crippen LogP contribution in [0.15, 0.2) is 0 Å². The molecule has 3 N–H and O–H groups in total. The average molecular weight is 147 g/mol. The molecular formula is C6H13NO3. The van der Waals surface area contributed by atoms with Gasteiger partial charge in [-0.1, -0.05) is 0 Å². The molecule has 0 aromatic carbocycles. The lowest BCUT2D eigenvalue weighted by molar-refractivity contribution is -0.109. The summed E-state index contributed by atoms with van der Waals surface area (Å²) in [7, 11) is 1.00. The van der Waals surface area contributed by atoms with E-state index in [1.807, 2.05) is 0 Å². The molecule has 4 nitrogen and oxygen atoms in total. The molecule has 1 fully saturated rings. The van der Waals surface area contributed by atoms with Crippen LogP contribution in [0.2, 0.25) is 0 Å². The minimum absolute atomic E-state index is 0.106. The third-order valence-corrected chi connectivity index (χ3v) is 1.31. The van der Waals surface area contributed by atoms with E-state index in [2.05, 4.69) is 5.32 Å². The Morgan fingerprint density at radius 3 is 2.40 bits per heavy atom. The molecule has 0 radical (unpaired) electrons. The zero-order chi connectivity index (χ0) is 7.98. The maximum Gasteiger partial charge on any atom is 0.136 e. The lowest BCUT2D eigenvalue weighted by Gasteiger charge is -1.94. The van der Waals surface area contributed by atoms with Gasteiger partial charge in [0, 0.05) is 13.7 Å². The third-order valence-electron chi connectivity index (χ3n) is 1.31. The van der Waals surface area contributed by atoms with E-state index < -0.39 is 0 Å². The number of nitrogens with one attached hydrogen (secondary N) is 1. The number of aldehydes is 1. The topological polar surface area (TPSA) is 69.6 Å². The standard InChI is InChI=1S/C5H9NO2.CH4O/c7-3-4-1-5(8)2-6-4;1-2/h3-6,8H,1-2H2;2H,1H3. The molecule has 1 heterocycles. The van der Waals surface area contributed by atoms with E-state index >= 15 is 0 Å². The monoisotopic (exact) mass is 147 g/mol. The highest BCUT2D eigenvalue weighted by Crippen LogP contribution is 2.02. The van der Waals surface area contributed by atoms with Gasteiger partial charge in [-0.25, -0.2) is 0 Å². The predicted molar refractivity (Wildman–Crippen MR) is 36.6 cm³/mol. The Morgan fingerprint density at radius 1 is 1.60 bits per heavy atom. The summed E-state index contributed by atoms with van der Waals surface area (Å²) < 4.78 is 0. The number of rotatable bonds is 1. The first-order valence-corrected chi connectivity index (χ1v) is 3.14. The van der Waals surface area contributed by atoms with Crippen LogP contribution in [-0.2, 0) is 4.79 Å². The van der Waals surface area contributed by atoms with Crippen molar-refractivity contribution < 1.29 is 15.0 Å². The summed E-state index contributed by atoms with van der Waals surface area (Å²) in [5.41, 5.74) is 0. The molecule has 0 bridgehead atoms. The average Bonchev–Trinajstić information content (AvgIpc) is 2.40. The molecule has 0 amide bonds. The molecule has 1 aliphatic heterocycles. The highest BCUT2D eigenvalue weighted by atomic mass is 16.3. The number of aliphatic hydroxyl groups excluding tert-OH is 2. The molecule has 60 valence electrons. The minimum atomic E-state index is -0.315. The van der Waals surface area contributed by atoms with Crippen molar-refractivity contribution in [3.8, 4) is 0 Å². The zero-order valence-electron chi connectivity index (χ0n) is 5.95. The van der Waals surface area contributed by atoms with Crippen molar-refractivity contribution in [1.29, 1.82) is 0 Å². The summed E-state index contributed by atoms with van der Waals surface area (Å²) in [4.78, 5) is 9.98. The summed E-state index contributed by atoms with van der Waals surface area (Å²) in [5, 5.41) is 18.6. The van der Waals surface area contributed by atoms with Crippen molar-refractivity contribution in [3.05, 3.63) is 0 Å². The van der Waals surface area contributed by atoms with Crippen LogP contribution >= 0.6 is 0 Å². The van der Waals surface area contributed by atoms with Crippen LogP contribution in [0.1, 0.15) is 6.42 Å². The molecule has 4 heteroatoms. The van der Waals surface area contributed by atoms with Gasteiger partial charge in [-0.2, -0.15) is 0 Å². The van der Waals surface area contributed by atoms with Gasteiger partial charge in [0.2, 0.25) is 0 Å². The van der Waals surface area contributed by atoms with Crippen LogP contribution in [0, 0.1) is 0 Å². The van der Waals surface area contributed by atoms with Gasteiger partial charge in [-0.3, -0.25) is 0 Å². The second-order valence-electron chi connectivity index (χ2n) is 2.04. The summed E-state index contributed by atoms with van der Waals surface area (Å²) >= 11 is 0. The van der Waals surface area contributed by atoms with E-state index in [4.69, 9.17) is 10.2 Å². The molecule has 1 saturated heterocycles.